The Balaban J connectivity index is 1.39. The molecule has 0 bridgehead atoms. The summed E-state index contributed by atoms with van der Waals surface area (Å²) in [4.78, 5) is 34.7. The van der Waals surface area contributed by atoms with Gasteiger partial charge in [0.1, 0.15) is 6.54 Å². The van der Waals surface area contributed by atoms with E-state index in [4.69, 9.17) is 4.74 Å². The van der Waals surface area contributed by atoms with Gasteiger partial charge in [0.2, 0.25) is 5.91 Å². The van der Waals surface area contributed by atoms with Crippen molar-refractivity contribution in [3.63, 3.8) is 0 Å². The van der Waals surface area contributed by atoms with E-state index in [1.54, 1.807) is 18.3 Å². The van der Waals surface area contributed by atoms with Crippen LogP contribution in [-0.4, -0.2) is 61.0 Å². The Labute approximate surface area is 158 Å². The van der Waals surface area contributed by atoms with Gasteiger partial charge < -0.3 is 14.5 Å². The summed E-state index contributed by atoms with van der Waals surface area (Å²) < 4.78 is 5.38. The van der Waals surface area contributed by atoms with E-state index in [2.05, 4.69) is 41.1 Å². The van der Waals surface area contributed by atoms with Crippen molar-refractivity contribution in [3.8, 4) is 5.75 Å². The Kier molecular flexibility index (Phi) is 4.66. The van der Waals surface area contributed by atoms with Crippen molar-refractivity contribution >= 4 is 23.3 Å². The molecular formula is C20H22N4O3. The van der Waals surface area contributed by atoms with E-state index < -0.39 is 0 Å². The number of carbonyl (C=O) groups excluding carboxylic acids is 2. The highest BCUT2D eigenvalue weighted by molar-refractivity contribution is 6.01. The van der Waals surface area contributed by atoms with Gasteiger partial charge in [-0.25, -0.2) is 4.98 Å². The molecule has 0 N–H and O–H groups in total. The van der Waals surface area contributed by atoms with Crippen molar-refractivity contribution < 1.29 is 14.3 Å². The lowest BCUT2D eigenvalue weighted by Crippen LogP contribution is -2.53. The molecule has 2 aliphatic heterocycles. The summed E-state index contributed by atoms with van der Waals surface area (Å²) in [6.45, 7) is 4.85. The number of ether oxygens (including phenoxy) is 1. The van der Waals surface area contributed by atoms with Crippen LogP contribution < -0.4 is 14.5 Å². The van der Waals surface area contributed by atoms with Crippen LogP contribution in [-0.2, 0) is 9.59 Å². The lowest BCUT2D eigenvalue weighted by atomic mass is 10.2. The number of pyridine rings is 1. The van der Waals surface area contributed by atoms with E-state index in [1.165, 1.54) is 16.2 Å². The normalized spacial score (nSPS) is 16.8. The number of aryl methyl sites for hydroxylation is 1. The van der Waals surface area contributed by atoms with E-state index in [1.807, 2.05) is 4.90 Å². The van der Waals surface area contributed by atoms with E-state index in [0.717, 1.165) is 13.1 Å². The summed E-state index contributed by atoms with van der Waals surface area (Å²) in [5.74, 6) is 0.647. The van der Waals surface area contributed by atoms with Crippen LogP contribution in [0.1, 0.15) is 5.56 Å². The Morgan fingerprint density at radius 1 is 1.15 bits per heavy atom. The number of benzene rings is 1. The second kappa shape index (κ2) is 7.26. The molecule has 0 aliphatic carbocycles. The highest BCUT2D eigenvalue weighted by Gasteiger charge is 2.30. The first-order chi connectivity index (χ1) is 13.1. The molecule has 2 amide bonds. The molecule has 0 radical (unpaired) electrons. The average molecular weight is 366 g/mol. The van der Waals surface area contributed by atoms with Gasteiger partial charge in [0.15, 0.2) is 18.2 Å². The SMILES string of the molecule is Cc1cccc(N2CCN(C(=O)CN3C(=O)COc4cccnc43)CC2)c1. The molecular weight excluding hydrogens is 344 g/mol. The number of nitrogens with zero attached hydrogens (tertiary/aromatic N) is 4. The van der Waals surface area contributed by atoms with Crippen molar-refractivity contribution in [1.82, 2.24) is 9.88 Å². The smallest absolute Gasteiger partial charge is 0.266 e. The molecule has 7 nitrogen and oxygen atoms in total. The number of piperazine rings is 1. The fraction of sp³-hybridized carbons (Fsp3) is 0.350. The van der Waals surface area contributed by atoms with Crippen LogP contribution >= 0.6 is 0 Å². The minimum atomic E-state index is -0.243. The maximum atomic E-state index is 12.8. The van der Waals surface area contributed by atoms with Gasteiger partial charge in [-0.2, -0.15) is 0 Å². The number of amides is 2. The molecule has 0 unspecified atom stereocenters. The predicted octanol–water partition coefficient (Wildman–Crippen LogP) is 1.46. The first-order valence-electron chi connectivity index (χ1n) is 9.09. The number of carbonyl (C=O) groups is 2. The Hall–Kier alpha value is -3.09. The third-order valence-corrected chi connectivity index (χ3v) is 4.95. The molecule has 1 fully saturated rings. The largest absolute Gasteiger partial charge is 0.480 e. The number of anilines is 2. The number of hydrogen-bond donors (Lipinski definition) is 0. The molecule has 3 heterocycles. The quantitative estimate of drug-likeness (QED) is 0.823. The van der Waals surface area contributed by atoms with Gasteiger partial charge in [0, 0.05) is 38.1 Å². The summed E-state index contributed by atoms with van der Waals surface area (Å²) in [5.41, 5.74) is 2.41. The van der Waals surface area contributed by atoms with Crippen molar-refractivity contribution in [2.75, 3.05) is 49.1 Å². The molecule has 0 saturated carbocycles. The summed E-state index contributed by atoms with van der Waals surface area (Å²) in [7, 11) is 0. The highest BCUT2D eigenvalue weighted by Crippen LogP contribution is 2.29. The fourth-order valence-corrected chi connectivity index (χ4v) is 3.47. The van der Waals surface area contributed by atoms with Gasteiger partial charge in [0.25, 0.3) is 5.91 Å². The molecule has 2 aliphatic rings. The van der Waals surface area contributed by atoms with Crippen molar-refractivity contribution in [2.45, 2.75) is 6.92 Å². The van der Waals surface area contributed by atoms with Gasteiger partial charge in [-0.3, -0.25) is 14.5 Å². The molecule has 1 aromatic carbocycles. The molecule has 2 aromatic rings. The molecule has 0 atom stereocenters. The zero-order valence-corrected chi connectivity index (χ0v) is 15.3. The summed E-state index contributed by atoms with van der Waals surface area (Å²) in [6.07, 6.45) is 1.60. The van der Waals surface area contributed by atoms with E-state index in [0.29, 0.717) is 24.7 Å². The van der Waals surface area contributed by atoms with Crippen LogP contribution in [0.5, 0.6) is 5.75 Å². The van der Waals surface area contributed by atoms with Crippen LogP contribution in [0.4, 0.5) is 11.5 Å². The maximum absolute atomic E-state index is 12.8. The second-order valence-electron chi connectivity index (χ2n) is 6.80. The van der Waals surface area contributed by atoms with E-state index in [-0.39, 0.29) is 25.0 Å². The van der Waals surface area contributed by atoms with Gasteiger partial charge in [0.05, 0.1) is 0 Å². The third kappa shape index (κ3) is 3.58. The van der Waals surface area contributed by atoms with Crippen LogP contribution in [0.3, 0.4) is 0 Å². The van der Waals surface area contributed by atoms with Crippen LogP contribution in [0.15, 0.2) is 42.6 Å². The zero-order valence-electron chi connectivity index (χ0n) is 15.3. The minimum absolute atomic E-state index is 0.00332. The van der Waals surface area contributed by atoms with Gasteiger partial charge in [-0.1, -0.05) is 12.1 Å². The minimum Gasteiger partial charge on any atom is -0.480 e. The van der Waals surface area contributed by atoms with Gasteiger partial charge in [-0.05, 0) is 36.8 Å². The van der Waals surface area contributed by atoms with E-state index >= 15 is 0 Å². The summed E-state index contributed by atoms with van der Waals surface area (Å²) in [5, 5.41) is 0. The van der Waals surface area contributed by atoms with E-state index in [9.17, 15) is 9.59 Å². The predicted molar refractivity (Wildman–Crippen MR) is 102 cm³/mol. The number of fused-ring (bicyclic) bond motifs is 1. The van der Waals surface area contributed by atoms with Crippen molar-refractivity contribution in [3.05, 3.63) is 48.2 Å². The van der Waals surface area contributed by atoms with Crippen molar-refractivity contribution in [1.29, 1.82) is 0 Å². The highest BCUT2D eigenvalue weighted by atomic mass is 16.5. The third-order valence-electron chi connectivity index (χ3n) is 4.95. The molecule has 140 valence electrons. The zero-order chi connectivity index (χ0) is 18.8. The first kappa shape index (κ1) is 17.3. The molecule has 1 aromatic heterocycles. The average Bonchev–Trinajstić information content (AvgIpc) is 2.70. The Morgan fingerprint density at radius 2 is 1.96 bits per heavy atom. The maximum Gasteiger partial charge on any atom is 0.266 e. The standard InChI is InChI=1S/C20H22N4O3/c1-15-4-2-5-16(12-15)22-8-10-23(11-9-22)18(25)13-24-19(26)14-27-17-6-3-7-21-20(17)24/h2-7,12H,8-11,13-14H2,1H3. The lowest BCUT2D eigenvalue weighted by molar-refractivity contribution is -0.132. The summed E-state index contributed by atoms with van der Waals surface area (Å²) >= 11 is 0. The fourth-order valence-electron chi connectivity index (χ4n) is 3.47. The monoisotopic (exact) mass is 366 g/mol. The molecule has 0 spiro atoms. The van der Waals surface area contributed by atoms with Crippen LogP contribution in [0, 0.1) is 6.92 Å². The molecule has 27 heavy (non-hydrogen) atoms. The van der Waals surface area contributed by atoms with Crippen LogP contribution in [0.2, 0.25) is 0 Å². The van der Waals surface area contributed by atoms with Crippen molar-refractivity contribution in [2.24, 2.45) is 0 Å². The topological polar surface area (TPSA) is 66.0 Å². The first-order valence-corrected chi connectivity index (χ1v) is 9.09. The second-order valence-corrected chi connectivity index (χ2v) is 6.80. The molecule has 1 saturated heterocycles. The molecule has 7 heteroatoms. The molecule has 4 rings (SSSR count). The van der Waals surface area contributed by atoms with Gasteiger partial charge in [-0.15, -0.1) is 0 Å². The number of hydrogen-bond acceptors (Lipinski definition) is 5. The Bertz CT molecular complexity index is 862. The Morgan fingerprint density at radius 3 is 2.74 bits per heavy atom. The number of rotatable bonds is 3. The summed E-state index contributed by atoms with van der Waals surface area (Å²) in [6, 6.07) is 11.9. The number of aromatic nitrogens is 1. The lowest BCUT2D eigenvalue weighted by Gasteiger charge is -2.37. The van der Waals surface area contributed by atoms with Gasteiger partial charge >= 0.3 is 0 Å². The van der Waals surface area contributed by atoms with Crippen LogP contribution in [0.25, 0.3) is 0 Å².